The minimum atomic E-state index is -1.73. The Hall–Kier alpha value is -5.02. The van der Waals surface area contributed by atoms with Crippen LogP contribution in [0.15, 0.2) is 105 Å². The largest absolute Gasteiger partial charge is 0.497 e. The van der Waals surface area contributed by atoms with Crippen LogP contribution in [0.1, 0.15) is 64.2 Å². The van der Waals surface area contributed by atoms with Crippen molar-refractivity contribution in [1.29, 1.82) is 5.26 Å². The van der Waals surface area contributed by atoms with Gasteiger partial charge < -0.3 is 33.3 Å². The molecule has 1 saturated heterocycles. The topological polar surface area (TPSA) is 175 Å². The molecule has 58 heavy (non-hydrogen) atoms. The van der Waals surface area contributed by atoms with E-state index in [0.29, 0.717) is 11.5 Å². The predicted molar refractivity (Wildman–Crippen MR) is 219 cm³/mol. The number of aliphatic imine (C=N–C) groups is 1. The molecule has 5 atom stereocenters. The van der Waals surface area contributed by atoms with Gasteiger partial charge in [0.2, 0.25) is 5.79 Å². The minimum absolute atomic E-state index is 0.000538. The van der Waals surface area contributed by atoms with Gasteiger partial charge in [-0.05, 0) is 81.5 Å². The number of ether oxygens (including phenoxy) is 4. The number of hydrogen-bond donors (Lipinski definition) is 2. The van der Waals surface area contributed by atoms with E-state index in [1.165, 1.54) is 0 Å². The lowest BCUT2D eigenvalue weighted by Gasteiger charge is -2.39. The van der Waals surface area contributed by atoms with Crippen molar-refractivity contribution in [1.82, 2.24) is 9.99 Å². The number of nitrogens with one attached hydrogen (secondary N) is 1. The minimum Gasteiger partial charge on any atom is -0.497 e. The molecular formula is C43H50N7O7P. The molecule has 3 aromatic rings. The monoisotopic (exact) mass is 807 g/mol. The fourth-order valence-electron chi connectivity index (χ4n) is 7.35. The van der Waals surface area contributed by atoms with Crippen molar-refractivity contribution in [2.45, 2.75) is 89.2 Å². The highest BCUT2D eigenvalue weighted by molar-refractivity contribution is 7.44. The van der Waals surface area contributed by atoms with E-state index >= 15 is 0 Å². The van der Waals surface area contributed by atoms with Crippen molar-refractivity contribution < 1.29 is 32.8 Å². The van der Waals surface area contributed by atoms with Gasteiger partial charge in [-0.15, -0.1) is 10.2 Å². The lowest BCUT2D eigenvalue weighted by atomic mass is 9.80. The zero-order valence-corrected chi connectivity index (χ0v) is 34.7. The molecule has 3 unspecified atom stereocenters. The number of azo groups is 1. The molecule has 304 valence electrons. The summed E-state index contributed by atoms with van der Waals surface area (Å²) in [6.45, 7) is 10.1. The fourth-order valence-corrected chi connectivity index (χ4v) is 9.10. The Morgan fingerprint density at radius 2 is 1.57 bits per heavy atom. The van der Waals surface area contributed by atoms with Crippen molar-refractivity contribution in [2.75, 3.05) is 27.4 Å². The van der Waals surface area contributed by atoms with Crippen molar-refractivity contribution in [3.05, 3.63) is 107 Å². The van der Waals surface area contributed by atoms with E-state index in [2.05, 4.69) is 70.8 Å². The number of nitrogens with zero attached hydrogens (tertiary/aromatic N) is 5. The van der Waals surface area contributed by atoms with Gasteiger partial charge in [0.05, 0.1) is 46.0 Å². The fraction of sp³-hybridized carbons (Fsp3) is 0.419. The van der Waals surface area contributed by atoms with Gasteiger partial charge in [-0.3, -0.25) is 10.5 Å². The van der Waals surface area contributed by atoms with E-state index in [-0.39, 0.29) is 55.2 Å². The van der Waals surface area contributed by atoms with Crippen LogP contribution in [-0.2, 0) is 28.9 Å². The lowest BCUT2D eigenvalue weighted by molar-refractivity contribution is -0.123. The van der Waals surface area contributed by atoms with E-state index in [4.69, 9.17) is 33.7 Å². The van der Waals surface area contributed by atoms with Crippen LogP contribution < -0.4 is 20.5 Å². The molecule has 0 bridgehead atoms. The standard InChI is InChI=1S/C43H50N7O7P/c1-8-13-35-39-40(49-48-35)46-43(45,47-41(39)51)38-26-36(57-58(55-25-12-24-44)50(28(2)3)29(4)5)37(56-38)27-54-42(30-14-10-9-11-15-30,31-16-20-33(52-6)21-17-31)32-18-22-34(53-7)23-19-32/h9-11,14-23,28-29,36-38H,12,25-27,45H2,1-7H3,(H,47,51)/t36?,37-,38-,43?,58?/m1/s1. The van der Waals surface area contributed by atoms with Crippen LogP contribution in [0.2, 0.25) is 0 Å². The Morgan fingerprint density at radius 3 is 2.12 bits per heavy atom. The Morgan fingerprint density at radius 1 is 0.966 bits per heavy atom. The summed E-state index contributed by atoms with van der Waals surface area (Å²) in [6, 6.07) is 27.7. The summed E-state index contributed by atoms with van der Waals surface area (Å²) in [5, 5.41) is 20.4. The van der Waals surface area contributed by atoms with Crippen LogP contribution >= 0.6 is 8.53 Å². The smallest absolute Gasteiger partial charge is 0.261 e. The van der Waals surface area contributed by atoms with Crippen LogP contribution in [0.25, 0.3) is 0 Å². The summed E-state index contributed by atoms with van der Waals surface area (Å²) in [4.78, 5) is 18.3. The molecule has 14 nitrogen and oxygen atoms in total. The second-order valence-electron chi connectivity index (χ2n) is 14.4. The van der Waals surface area contributed by atoms with Crippen molar-refractivity contribution >= 4 is 20.3 Å². The van der Waals surface area contributed by atoms with E-state index in [9.17, 15) is 10.1 Å². The molecular weight excluding hydrogens is 757 g/mol. The van der Waals surface area contributed by atoms with Gasteiger partial charge in [0.1, 0.15) is 34.9 Å². The van der Waals surface area contributed by atoms with Gasteiger partial charge in [-0.25, -0.2) is 9.66 Å². The molecule has 0 spiro atoms. The number of rotatable bonds is 17. The van der Waals surface area contributed by atoms with Crippen molar-refractivity contribution in [2.24, 2.45) is 21.0 Å². The number of nitrogens with two attached hydrogens (primary N) is 1. The second kappa shape index (κ2) is 18.7. The van der Waals surface area contributed by atoms with Gasteiger partial charge in [0.25, 0.3) is 14.4 Å². The first-order valence-corrected chi connectivity index (χ1v) is 20.3. The number of methoxy groups -OCH3 is 2. The number of carbonyl (C=O) groups is 1. The first kappa shape index (κ1) is 42.6. The normalized spacial score (nSPS) is 22.0. The molecule has 3 aliphatic heterocycles. The maximum absolute atomic E-state index is 13.6. The van der Waals surface area contributed by atoms with Crippen LogP contribution in [0.5, 0.6) is 11.5 Å². The molecule has 3 aliphatic rings. The van der Waals surface area contributed by atoms with Crippen molar-refractivity contribution in [3.8, 4) is 29.4 Å². The third-order valence-corrected chi connectivity index (χ3v) is 12.2. The van der Waals surface area contributed by atoms with E-state index in [1.54, 1.807) is 21.1 Å². The summed E-state index contributed by atoms with van der Waals surface area (Å²) in [5.41, 5.74) is 8.70. The number of amides is 1. The molecule has 0 radical (unpaired) electrons. The van der Waals surface area contributed by atoms with Gasteiger partial charge in [0, 0.05) is 18.5 Å². The summed E-state index contributed by atoms with van der Waals surface area (Å²) in [6.07, 6.45) is -1.92. The summed E-state index contributed by atoms with van der Waals surface area (Å²) in [7, 11) is 1.53. The number of benzene rings is 3. The van der Waals surface area contributed by atoms with Crippen LogP contribution in [0, 0.1) is 23.2 Å². The quantitative estimate of drug-likeness (QED) is 0.0646. The molecule has 6 rings (SSSR count). The summed E-state index contributed by atoms with van der Waals surface area (Å²) in [5.74, 6) is 4.79. The number of allylic oxidation sites excluding steroid dienone is 1. The molecule has 3 aromatic carbocycles. The molecule has 0 saturated carbocycles. The predicted octanol–water partition coefficient (Wildman–Crippen LogP) is 6.71. The molecule has 0 aromatic heterocycles. The van der Waals surface area contributed by atoms with E-state index < -0.39 is 44.1 Å². The Kier molecular flexibility index (Phi) is 13.7. The second-order valence-corrected chi connectivity index (χ2v) is 15.8. The molecule has 3 heterocycles. The third-order valence-electron chi connectivity index (χ3n) is 10.00. The van der Waals surface area contributed by atoms with Gasteiger partial charge in [0.15, 0.2) is 11.5 Å². The molecule has 3 N–H and O–H groups in total. The number of fused-ring (bicyclic) bond motifs is 1. The first-order valence-electron chi connectivity index (χ1n) is 19.2. The Labute approximate surface area is 341 Å². The van der Waals surface area contributed by atoms with Crippen LogP contribution in [0.4, 0.5) is 0 Å². The lowest BCUT2D eigenvalue weighted by Crippen LogP contribution is -2.65. The van der Waals surface area contributed by atoms with Gasteiger partial charge in [-0.2, -0.15) is 5.26 Å². The highest BCUT2D eigenvalue weighted by atomic mass is 31.2. The Bertz CT molecular complexity index is 2050. The highest BCUT2D eigenvalue weighted by Gasteiger charge is 2.53. The average Bonchev–Trinajstić information content (AvgIpc) is 3.83. The number of amidine groups is 1. The molecule has 1 amide bonds. The van der Waals surface area contributed by atoms with Crippen molar-refractivity contribution in [3.63, 3.8) is 0 Å². The summed E-state index contributed by atoms with van der Waals surface area (Å²) >= 11 is 0. The van der Waals surface area contributed by atoms with Gasteiger partial charge in [-0.1, -0.05) is 60.5 Å². The maximum Gasteiger partial charge on any atom is 0.261 e. The number of nitriles is 1. The highest BCUT2D eigenvalue weighted by Crippen LogP contribution is 2.50. The average molecular weight is 808 g/mol. The Balaban J connectivity index is 1.43. The maximum atomic E-state index is 13.6. The third kappa shape index (κ3) is 8.85. The molecule has 0 aliphatic carbocycles. The number of hydrogen-bond acceptors (Lipinski definition) is 13. The summed E-state index contributed by atoms with van der Waals surface area (Å²) < 4.78 is 40.6. The van der Waals surface area contributed by atoms with E-state index in [0.717, 1.165) is 16.7 Å². The van der Waals surface area contributed by atoms with Crippen LogP contribution in [-0.4, -0.2) is 80.0 Å². The molecule has 1 fully saturated rings. The van der Waals surface area contributed by atoms with Gasteiger partial charge >= 0.3 is 0 Å². The van der Waals surface area contributed by atoms with Crippen LogP contribution in [0.3, 0.4) is 0 Å². The zero-order chi connectivity index (χ0) is 41.5. The number of carbonyl (C=O) groups excluding carboxylic acids is 1. The SMILES string of the molecule is CC#CC1=C2C(=O)NC(N)([C@H]3CC(OP(OCCC#N)N(C(C)C)C(C)C)[C@@H](COC(c4ccccc4)(c4ccc(OC)cc4)c4ccc(OC)cc4)O3)N=C2N=N1. The molecule has 15 heteroatoms. The van der Waals surface area contributed by atoms with E-state index in [1.807, 2.05) is 78.9 Å². The first-order chi connectivity index (χ1) is 28.0. The zero-order valence-electron chi connectivity index (χ0n) is 33.8.